The van der Waals surface area contributed by atoms with Crippen molar-refractivity contribution in [3.05, 3.63) is 42.0 Å². The molecule has 0 spiro atoms. The second-order valence-corrected chi connectivity index (χ2v) is 3.18. The normalized spacial score (nSPS) is 9.62. The Bertz CT molecular complexity index is 342. The molecule has 0 radical (unpaired) electrons. The molecule has 1 aromatic carbocycles. The number of anilines is 1. The van der Waals surface area contributed by atoms with E-state index in [4.69, 9.17) is 5.73 Å². The molecule has 0 saturated heterocycles. The van der Waals surface area contributed by atoms with E-state index in [1.807, 2.05) is 6.92 Å². The Balaban J connectivity index is 2.83. The van der Waals surface area contributed by atoms with E-state index in [0.717, 1.165) is 5.57 Å². The minimum absolute atomic E-state index is 0.0693. The smallest absolute Gasteiger partial charge is 0.166 e. The van der Waals surface area contributed by atoms with Crippen molar-refractivity contribution in [2.24, 2.45) is 0 Å². The van der Waals surface area contributed by atoms with Crippen molar-refractivity contribution in [2.75, 3.05) is 5.73 Å². The van der Waals surface area contributed by atoms with Crippen LogP contribution in [0.5, 0.6) is 0 Å². The van der Waals surface area contributed by atoms with E-state index in [-0.39, 0.29) is 5.78 Å². The van der Waals surface area contributed by atoms with Crippen LogP contribution in [0, 0.1) is 0 Å². The molecule has 0 aliphatic rings. The Labute approximate surface area is 78.1 Å². The molecule has 2 N–H and O–H groups in total. The van der Waals surface area contributed by atoms with E-state index in [9.17, 15) is 4.79 Å². The van der Waals surface area contributed by atoms with E-state index in [1.54, 1.807) is 24.3 Å². The molecule has 1 rings (SSSR count). The van der Waals surface area contributed by atoms with Gasteiger partial charge in [-0.25, -0.2) is 0 Å². The van der Waals surface area contributed by atoms with Gasteiger partial charge in [0.1, 0.15) is 0 Å². The van der Waals surface area contributed by atoms with Crippen molar-refractivity contribution in [1.29, 1.82) is 0 Å². The lowest BCUT2D eigenvalue weighted by Gasteiger charge is -2.00. The van der Waals surface area contributed by atoms with E-state index < -0.39 is 0 Å². The van der Waals surface area contributed by atoms with Crippen LogP contribution in [-0.2, 0) is 0 Å². The van der Waals surface area contributed by atoms with Crippen LogP contribution >= 0.6 is 0 Å². The third kappa shape index (κ3) is 2.75. The fraction of sp³-hybridized carbons (Fsp3) is 0.182. The third-order valence-corrected chi connectivity index (χ3v) is 1.67. The first-order valence-electron chi connectivity index (χ1n) is 4.12. The highest BCUT2D eigenvalue weighted by atomic mass is 16.1. The molecule has 0 saturated carbocycles. The van der Waals surface area contributed by atoms with Crippen LogP contribution < -0.4 is 5.73 Å². The van der Waals surface area contributed by atoms with E-state index in [2.05, 4.69) is 6.58 Å². The SMILES string of the molecule is C=C(C)CC(=O)c1cccc(N)c1. The Kier molecular flexibility index (Phi) is 2.85. The number of nitrogen functional groups attached to an aromatic ring is 1. The highest BCUT2D eigenvalue weighted by Gasteiger charge is 2.05. The van der Waals surface area contributed by atoms with Crippen molar-refractivity contribution < 1.29 is 4.79 Å². The highest BCUT2D eigenvalue weighted by Crippen LogP contribution is 2.11. The molecular weight excluding hydrogens is 162 g/mol. The molecule has 13 heavy (non-hydrogen) atoms. The van der Waals surface area contributed by atoms with Gasteiger partial charge in [-0.3, -0.25) is 4.79 Å². The molecule has 0 atom stereocenters. The Hall–Kier alpha value is -1.57. The Morgan fingerprint density at radius 2 is 2.23 bits per heavy atom. The van der Waals surface area contributed by atoms with Crippen LogP contribution in [0.15, 0.2) is 36.4 Å². The molecule has 2 heteroatoms. The number of hydrogen-bond donors (Lipinski definition) is 1. The summed E-state index contributed by atoms with van der Waals surface area (Å²) < 4.78 is 0. The fourth-order valence-corrected chi connectivity index (χ4v) is 1.09. The van der Waals surface area contributed by atoms with Gasteiger partial charge in [0.2, 0.25) is 0 Å². The molecule has 1 aromatic rings. The lowest BCUT2D eigenvalue weighted by atomic mass is 10.0. The van der Waals surface area contributed by atoms with Gasteiger partial charge in [0, 0.05) is 17.7 Å². The largest absolute Gasteiger partial charge is 0.399 e. The number of ketones is 1. The zero-order chi connectivity index (χ0) is 9.84. The summed E-state index contributed by atoms with van der Waals surface area (Å²) in [6.45, 7) is 5.53. The maximum atomic E-state index is 11.5. The molecule has 0 bridgehead atoms. The van der Waals surface area contributed by atoms with Gasteiger partial charge in [0.25, 0.3) is 0 Å². The summed E-state index contributed by atoms with van der Waals surface area (Å²) in [5, 5.41) is 0. The minimum Gasteiger partial charge on any atom is -0.399 e. The number of rotatable bonds is 3. The maximum Gasteiger partial charge on any atom is 0.166 e. The average molecular weight is 175 g/mol. The van der Waals surface area contributed by atoms with Crippen molar-refractivity contribution in [3.63, 3.8) is 0 Å². The average Bonchev–Trinajstić information content (AvgIpc) is 2.03. The van der Waals surface area contributed by atoms with Gasteiger partial charge in [-0.05, 0) is 19.1 Å². The molecule has 0 aromatic heterocycles. The summed E-state index contributed by atoms with van der Waals surface area (Å²) >= 11 is 0. The summed E-state index contributed by atoms with van der Waals surface area (Å²) in [6, 6.07) is 6.99. The number of benzene rings is 1. The summed E-state index contributed by atoms with van der Waals surface area (Å²) in [4.78, 5) is 11.5. The molecular formula is C11H13NO. The Morgan fingerprint density at radius 1 is 1.54 bits per heavy atom. The molecule has 0 heterocycles. The lowest BCUT2D eigenvalue weighted by molar-refractivity contribution is 0.0993. The second kappa shape index (κ2) is 3.90. The van der Waals surface area contributed by atoms with Gasteiger partial charge in [-0.1, -0.05) is 24.3 Å². The number of nitrogens with two attached hydrogens (primary N) is 1. The van der Waals surface area contributed by atoms with E-state index in [0.29, 0.717) is 17.7 Å². The van der Waals surface area contributed by atoms with Gasteiger partial charge in [0.15, 0.2) is 5.78 Å². The van der Waals surface area contributed by atoms with E-state index >= 15 is 0 Å². The topological polar surface area (TPSA) is 43.1 Å². The number of Topliss-reactive ketones (excluding diaryl/α,β-unsaturated/α-hetero) is 1. The van der Waals surface area contributed by atoms with Crippen LogP contribution in [0.25, 0.3) is 0 Å². The Morgan fingerprint density at radius 3 is 2.77 bits per heavy atom. The summed E-state index contributed by atoms with van der Waals surface area (Å²) in [5.41, 5.74) is 7.69. The van der Waals surface area contributed by atoms with Gasteiger partial charge in [0.05, 0.1) is 0 Å². The van der Waals surface area contributed by atoms with Crippen LogP contribution in [-0.4, -0.2) is 5.78 Å². The molecule has 0 aliphatic carbocycles. The van der Waals surface area contributed by atoms with Crippen LogP contribution in [0.2, 0.25) is 0 Å². The molecule has 0 aliphatic heterocycles. The number of carbonyl (C=O) groups excluding carboxylic acids is 1. The zero-order valence-corrected chi connectivity index (χ0v) is 7.71. The quantitative estimate of drug-likeness (QED) is 0.435. The van der Waals surface area contributed by atoms with Crippen molar-refractivity contribution in [2.45, 2.75) is 13.3 Å². The van der Waals surface area contributed by atoms with Crippen LogP contribution in [0.4, 0.5) is 5.69 Å². The molecule has 0 amide bonds. The zero-order valence-electron chi connectivity index (χ0n) is 7.71. The van der Waals surface area contributed by atoms with Crippen LogP contribution in [0.1, 0.15) is 23.7 Å². The first-order valence-corrected chi connectivity index (χ1v) is 4.12. The van der Waals surface area contributed by atoms with Gasteiger partial charge >= 0.3 is 0 Å². The first-order chi connectivity index (χ1) is 6.09. The monoisotopic (exact) mass is 175 g/mol. The van der Waals surface area contributed by atoms with Gasteiger partial charge < -0.3 is 5.73 Å². The third-order valence-electron chi connectivity index (χ3n) is 1.67. The predicted octanol–water partition coefficient (Wildman–Crippen LogP) is 2.42. The lowest BCUT2D eigenvalue weighted by Crippen LogP contribution is -1.99. The standard InChI is InChI=1S/C11H13NO/c1-8(2)6-11(13)9-4-3-5-10(12)7-9/h3-5,7H,1,6,12H2,2H3. The molecule has 68 valence electrons. The van der Waals surface area contributed by atoms with Gasteiger partial charge in [-0.15, -0.1) is 0 Å². The minimum atomic E-state index is 0.0693. The van der Waals surface area contributed by atoms with Crippen LogP contribution in [0.3, 0.4) is 0 Å². The fourth-order valence-electron chi connectivity index (χ4n) is 1.09. The van der Waals surface area contributed by atoms with Crippen molar-refractivity contribution in [3.8, 4) is 0 Å². The first kappa shape index (κ1) is 9.52. The number of allylic oxidation sites excluding steroid dienone is 1. The molecule has 2 nitrogen and oxygen atoms in total. The summed E-state index contributed by atoms with van der Waals surface area (Å²) in [5.74, 6) is 0.0693. The van der Waals surface area contributed by atoms with Crippen molar-refractivity contribution >= 4 is 11.5 Å². The predicted molar refractivity (Wildman–Crippen MR) is 54.6 cm³/mol. The summed E-state index contributed by atoms with van der Waals surface area (Å²) in [6.07, 6.45) is 0.392. The van der Waals surface area contributed by atoms with Crippen molar-refractivity contribution in [1.82, 2.24) is 0 Å². The summed E-state index contributed by atoms with van der Waals surface area (Å²) in [7, 11) is 0. The molecule has 0 fully saturated rings. The maximum absolute atomic E-state index is 11.5. The number of carbonyl (C=O) groups is 1. The second-order valence-electron chi connectivity index (χ2n) is 3.18. The van der Waals surface area contributed by atoms with Gasteiger partial charge in [-0.2, -0.15) is 0 Å². The highest BCUT2D eigenvalue weighted by molar-refractivity contribution is 5.98. The molecule has 0 unspecified atom stereocenters. The number of hydrogen-bond acceptors (Lipinski definition) is 2. The van der Waals surface area contributed by atoms with E-state index in [1.165, 1.54) is 0 Å².